The van der Waals surface area contributed by atoms with Crippen molar-refractivity contribution in [1.29, 1.82) is 0 Å². The molecule has 2 aliphatic rings. The van der Waals surface area contributed by atoms with Crippen LogP contribution in [0.1, 0.15) is 22.3 Å². The molecule has 1 aromatic heterocycles. The van der Waals surface area contributed by atoms with Crippen molar-refractivity contribution in [2.24, 2.45) is 0 Å². The number of aromatic nitrogens is 1. The fraction of sp³-hybridized carbons (Fsp3) is 0.455. The topological polar surface area (TPSA) is 58.1 Å². The zero-order valence-corrected chi connectivity index (χ0v) is 18.2. The van der Waals surface area contributed by atoms with Crippen LogP contribution in [0.15, 0.2) is 30.5 Å². The van der Waals surface area contributed by atoms with Gasteiger partial charge in [0.1, 0.15) is 5.82 Å². The summed E-state index contributed by atoms with van der Waals surface area (Å²) in [6.07, 6.45) is 2.72. The van der Waals surface area contributed by atoms with Crippen molar-refractivity contribution >= 4 is 23.3 Å². The predicted molar refractivity (Wildman–Crippen MR) is 117 cm³/mol. The Morgan fingerprint density at radius 2 is 1.90 bits per heavy atom. The first-order valence-corrected chi connectivity index (χ1v) is 10.6. The van der Waals surface area contributed by atoms with Crippen LogP contribution in [0.25, 0.3) is 0 Å². The van der Waals surface area contributed by atoms with Crippen LogP contribution < -0.4 is 14.4 Å². The molecule has 2 aliphatic heterocycles. The number of pyridine rings is 1. The van der Waals surface area contributed by atoms with E-state index in [2.05, 4.69) is 26.9 Å². The number of anilines is 1. The highest BCUT2D eigenvalue weighted by molar-refractivity contribution is 6.32. The normalized spacial score (nSPS) is 16.5. The van der Waals surface area contributed by atoms with Gasteiger partial charge in [-0.3, -0.25) is 4.79 Å². The molecule has 0 N–H and O–H groups in total. The highest BCUT2D eigenvalue weighted by Gasteiger charge is 2.25. The average molecular weight is 431 g/mol. The van der Waals surface area contributed by atoms with E-state index in [1.807, 2.05) is 25.2 Å². The molecule has 4 rings (SSSR count). The van der Waals surface area contributed by atoms with E-state index in [0.717, 1.165) is 31.9 Å². The predicted octanol–water partition coefficient (Wildman–Crippen LogP) is 2.92. The molecule has 3 heterocycles. The minimum atomic E-state index is -0.0403. The number of carbonyl (C=O) groups excluding carboxylic acids is 1. The molecule has 0 radical (unpaired) electrons. The Morgan fingerprint density at radius 3 is 2.60 bits per heavy atom. The van der Waals surface area contributed by atoms with Gasteiger partial charge in [0, 0.05) is 50.9 Å². The molecule has 1 saturated heterocycles. The van der Waals surface area contributed by atoms with Crippen molar-refractivity contribution in [3.8, 4) is 11.5 Å². The summed E-state index contributed by atoms with van der Waals surface area (Å²) in [5.74, 6) is 1.98. The van der Waals surface area contributed by atoms with Crippen LogP contribution in [0.3, 0.4) is 0 Å². The van der Waals surface area contributed by atoms with Crippen LogP contribution in [0.2, 0.25) is 5.02 Å². The average Bonchev–Trinajstić information content (AvgIpc) is 2.99. The van der Waals surface area contributed by atoms with E-state index < -0.39 is 0 Å². The molecule has 1 amide bonds. The summed E-state index contributed by atoms with van der Waals surface area (Å²) in [6, 6.07) is 7.58. The number of fused-ring (bicyclic) bond motifs is 1. The second-order valence-electron chi connectivity index (χ2n) is 7.88. The lowest BCUT2D eigenvalue weighted by Gasteiger charge is -2.35. The van der Waals surface area contributed by atoms with Crippen LogP contribution in [0.5, 0.6) is 11.5 Å². The second-order valence-corrected chi connectivity index (χ2v) is 8.28. The second kappa shape index (κ2) is 9.10. The standard InChI is InChI=1S/C22H27ClN4O3/c1-25(2)15-16-4-5-20(24-14-16)26-6-8-27(9-7-26)22(28)17-12-18(23)21-19(13-17)29-10-3-11-30-21/h4-5,12-14H,3,6-11,15H2,1-2H3. The molecule has 8 heteroatoms. The van der Waals surface area contributed by atoms with Gasteiger partial charge >= 0.3 is 0 Å². The zero-order valence-electron chi connectivity index (χ0n) is 17.4. The van der Waals surface area contributed by atoms with Gasteiger partial charge in [0.25, 0.3) is 5.91 Å². The maximum absolute atomic E-state index is 13.0. The Hall–Kier alpha value is -2.51. The minimum absolute atomic E-state index is 0.0403. The van der Waals surface area contributed by atoms with Gasteiger partial charge in [0.05, 0.1) is 18.2 Å². The third-order valence-electron chi connectivity index (χ3n) is 5.25. The summed E-state index contributed by atoms with van der Waals surface area (Å²) in [5, 5.41) is 0.415. The van der Waals surface area contributed by atoms with E-state index in [0.29, 0.717) is 48.4 Å². The minimum Gasteiger partial charge on any atom is -0.489 e. The smallest absolute Gasteiger partial charge is 0.254 e. The van der Waals surface area contributed by atoms with Crippen molar-refractivity contribution in [3.63, 3.8) is 0 Å². The molecule has 30 heavy (non-hydrogen) atoms. The van der Waals surface area contributed by atoms with Crippen LogP contribution >= 0.6 is 11.6 Å². The molecule has 0 bridgehead atoms. The Labute approximate surface area is 182 Å². The zero-order chi connectivity index (χ0) is 21.1. The highest BCUT2D eigenvalue weighted by atomic mass is 35.5. The highest BCUT2D eigenvalue weighted by Crippen LogP contribution is 2.38. The molecule has 0 unspecified atom stereocenters. The van der Waals surface area contributed by atoms with Crippen LogP contribution in [-0.4, -0.2) is 74.2 Å². The molecular weight excluding hydrogens is 404 g/mol. The van der Waals surface area contributed by atoms with Crippen molar-refractivity contribution in [2.45, 2.75) is 13.0 Å². The number of rotatable bonds is 4. The third-order valence-corrected chi connectivity index (χ3v) is 5.53. The quantitative estimate of drug-likeness (QED) is 0.743. The largest absolute Gasteiger partial charge is 0.489 e. The molecule has 0 spiro atoms. The van der Waals surface area contributed by atoms with Crippen molar-refractivity contribution < 1.29 is 14.3 Å². The lowest BCUT2D eigenvalue weighted by Crippen LogP contribution is -2.49. The summed E-state index contributed by atoms with van der Waals surface area (Å²) in [5.41, 5.74) is 1.72. The number of hydrogen-bond acceptors (Lipinski definition) is 6. The number of piperazine rings is 1. The van der Waals surface area contributed by atoms with Gasteiger partial charge in [0.15, 0.2) is 11.5 Å². The van der Waals surface area contributed by atoms with Crippen molar-refractivity contribution in [2.75, 3.05) is 58.4 Å². The molecule has 160 valence electrons. The molecular formula is C22H27ClN4O3. The lowest BCUT2D eigenvalue weighted by atomic mass is 10.1. The van der Waals surface area contributed by atoms with Gasteiger partial charge in [-0.2, -0.15) is 0 Å². The molecule has 2 aromatic rings. The number of amides is 1. The Bertz CT molecular complexity index is 896. The molecule has 1 fully saturated rings. The van der Waals surface area contributed by atoms with E-state index >= 15 is 0 Å². The molecule has 0 aliphatic carbocycles. The fourth-order valence-corrected chi connectivity index (χ4v) is 4.00. The van der Waals surface area contributed by atoms with Crippen molar-refractivity contribution in [1.82, 2.24) is 14.8 Å². The van der Waals surface area contributed by atoms with Gasteiger partial charge in [-0.1, -0.05) is 17.7 Å². The van der Waals surface area contributed by atoms with Gasteiger partial charge in [-0.05, 0) is 37.9 Å². The third kappa shape index (κ3) is 4.63. The van der Waals surface area contributed by atoms with Gasteiger partial charge in [-0.25, -0.2) is 4.98 Å². The summed E-state index contributed by atoms with van der Waals surface area (Å²) in [4.78, 5) is 23.8. The number of halogens is 1. The fourth-order valence-electron chi connectivity index (χ4n) is 3.74. The maximum atomic E-state index is 13.0. The molecule has 0 atom stereocenters. The van der Waals surface area contributed by atoms with Crippen LogP contribution in [0, 0.1) is 0 Å². The SMILES string of the molecule is CN(C)Cc1ccc(N2CCN(C(=O)c3cc(Cl)c4c(c3)OCCCO4)CC2)nc1. The van der Waals surface area contributed by atoms with E-state index in [1.54, 1.807) is 12.1 Å². The van der Waals surface area contributed by atoms with E-state index in [9.17, 15) is 4.79 Å². The van der Waals surface area contributed by atoms with E-state index in [4.69, 9.17) is 21.1 Å². The first kappa shape index (κ1) is 20.8. The summed E-state index contributed by atoms with van der Waals surface area (Å²) in [7, 11) is 4.08. The summed E-state index contributed by atoms with van der Waals surface area (Å²) in [6.45, 7) is 4.73. The molecule has 0 saturated carbocycles. The number of benzene rings is 1. The monoisotopic (exact) mass is 430 g/mol. The van der Waals surface area contributed by atoms with Gasteiger partial charge < -0.3 is 24.2 Å². The van der Waals surface area contributed by atoms with Crippen LogP contribution in [0.4, 0.5) is 5.82 Å². The Morgan fingerprint density at radius 1 is 1.13 bits per heavy atom. The van der Waals surface area contributed by atoms with Gasteiger partial charge in [0.2, 0.25) is 0 Å². The molecule has 7 nitrogen and oxygen atoms in total. The number of ether oxygens (including phenoxy) is 2. The first-order valence-electron chi connectivity index (χ1n) is 10.2. The number of hydrogen-bond donors (Lipinski definition) is 0. The Balaban J connectivity index is 1.40. The maximum Gasteiger partial charge on any atom is 0.254 e. The van der Waals surface area contributed by atoms with Crippen LogP contribution in [-0.2, 0) is 6.54 Å². The van der Waals surface area contributed by atoms with E-state index in [1.165, 1.54) is 5.56 Å². The van der Waals surface area contributed by atoms with Gasteiger partial charge in [-0.15, -0.1) is 0 Å². The van der Waals surface area contributed by atoms with Crippen molar-refractivity contribution in [3.05, 3.63) is 46.6 Å². The summed E-state index contributed by atoms with van der Waals surface area (Å²) >= 11 is 6.36. The first-order chi connectivity index (χ1) is 14.5. The number of nitrogens with zero attached hydrogens (tertiary/aromatic N) is 4. The molecule has 1 aromatic carbocycles. The Kier molecular flexibility index (Phi) is 6.29. The summed E-state index contributed by atoms with van der Waals surface area (Å²) < 4.78 is 11.4. The number of carbonyl (C=O) groups is 1. The lowest BCUT2D eigenvalue weighted by molar-refractivity contribution is 0.0746. The van der Waals surface area contributed by atoms with E-state index in [-0.39, 0.29) is 5.91 Å².